The second kappa shape index (κ2) is 7.92. The van der Waals surface area contributed by atoms with Crippen molar-refractivity contribution in [2.75, 3.05) is 7.11 Å². The third-order valence-corrected chi connectivity index (χ3v) is 4.41. The molecule has 0 aromatic heterocycles. The Labute approximate surface area is 132 Å². The molecule has 1 aliphatic carbocycles. The number of carbonyl (C=O) groups excluding carboxylic acids is 2. The minimum Gasteiger partial charge on any atom is -0.497 e. The first-order valence-corrected chi connectivity index (χ1v) is 8.02. The van der Waals surface area contributed by atoms with Crippen LogP contribution in [0, 0.1) is 11.8 Å². The van der Waals surface area contributed by atoms with Crippen molar-refractivity contribution in [3.63, 3.8) is 0 Å². The van der Waals surface area contributed by atoms with Gasteiger partial charge in [0.1, 0.15) is 11.5 Å². The maximum Gasteiger partial charge on any atom is 0.166 e. The van der Waals surface area contributed by atoms with Crippen LogP contribution in [0.15, 0.2) is 30.3 Å². The Morgan fingerprint density at radius 1 is 1.36 bits per heavy atom. The standard InChI is InChI=1S/C19H24O3/c1-3-18(20)17(13-14-6-4-7-14)19(21)11-10-15-8-5-9-16(12-15)22-2/h5,8-12,14,17H,3-4,6-7,13H2,1-2H3/b11-10+. The highest BCUT2D eigenvalue weighted by molar-refractivity contribution is 6.08. The Hall–Kier alpha value is -1.90. The zero-order chi connectivity index (χ0) is 15.9. The monoisotopic (exact) mass is 300 g/mol. The van der Waals surface area contributed by atoms with Crippen molar-refractivity contribution in [1.29, 1.82) is 0 Å². The van der Waals surface area contributed by atoms with E-state index in [2.05, 4.69) is 0 Å². The summed E-state index contributed by atoms with van der Waals surface area (Å²) in [6.07, 6.45) is 7.99. The second-order valence-electron chi connectivity index (χ2n) is 5.92. The Kier molecular flexibility index (Phi) is 5.93. The van der Waals surface area contributed by atoms with Crippen molar-refractivity contribution in [2.24, 2.45) is 11.8 Å². The molecule has 0 N–H and O–H groups in total. The average Bonchev–Trinajstić information content (AvgIpc) is 2.51. The fourth-order valence-corrected chi connectivity index (χ4v) is 2.75. The number of methoxy groups -OCH3 is 1. The molecule has 0 amide bonds. The predicted octanol–water partition coefficient (Wildman–Crippen LogP) is 4.06. The van der Waals surface area contributed by atoms with Crippen LogP contribution in [0.4, 0.5) is 0 Å². The smallest absolute Gasteiger partial charge is 0.166 e. The van der Waals surface area contributed by atoms with E-state index in [1.165, 1.54) is 6.42 Å². The Balaban J connectivity index is 2.05. The van der Waals surface area contributed by atoms with Gasteiger partial charge in [-0.1, -0.05) is 44.4 Å². The second-order valence-corrected chi connectivity index (χ2v) is 5.92. The first-order valence-electron chi connectivity index (χ1n) is 8.02. The van der Waals surface area contributed by atoms with E-state index in [4.69, 9.17) is 4.74 Å². The van der Waals surface area contributed by atoms with Crippen LogP contribution in [-0.4, -0.2) is 18.7 Å². The fraction of sp³-hybridized carbons (Fsp3) is 0.474. The molecule has 1 fully saturated rings. The molecule has 3 nitrogen and oxygen atoms in total. The molecule has 0 aliphatic heterocycles. The van der Waals surface area contributed by atoms with Gasteiger partial charge in [-0.25, -0.2) is 0 Å². The fourth-order valence-electron chi connectivity index (χ4n) is 2.75. The molecule has 3 heteroatoms. The van der Waals surface area contributed by atoms with Gasteiger partial charge in [0, 0.05) is 6.42 Å². The lowest BCUT2D eigenvalue weighted by Crippen LogP contribution is -2.27. The van der Waals surface area contributed by atoms with E-state index < -0.39 is 5.92 Å². The molecule has 0 bridgehead atoms. The van der Waals surface area contributed by atoms with E-state index in [1.807, 2.05) is 31.2 Å². The molecule has 1 saturated carbocycles. The van der Waals surface area contributed by atoms with Gasteiger partial charge < -0.3 is 4.74 Å². The predicted molar refractivity (Wildman–Crippen MR) is 87.8 cm³/mol. The Morgan fingerprint density at radius 3 is 2.73 bits per heavy atom. The summed E-state index contributed by atoms with van der Waals surface area (Å²) in [7, 11) is 1.61. The summed E-state index contributed by atoms with van der Waals surface area (Å²) in [6, 6.07) is 7.52. The number of carbonyl (C=O) groups is 2. The largest absolute Gasteiger partial charge is 0.497 e. The Morgan fingerprint density at radius 2 is 2.14 bits per heavy atom. The normalized spacial score (nSPS) is 16.3. The van der Waals surface area contributed by atoms with Gasteiger partial charge in [0.15, 0.2) is 5.78 Å². The van der Waals surface area contributed by atoms with Crippen molar-refractivity contribution < 1.29 is 14.3 Å². The first kappa shape index (κ1) is 16.5. The minimum absolute atomic E-state index is 0.0622. The number of rotatable bonds is 8. The molecule has 0 spiro atoms. The van der Waals surface area contributed by atoms with Gasteiger partial charge in [0.05, 0.1) is 13.0 Å². The van der Waals surface area contributed by atoms with Crippen LogP contribution >= 0.6 is 0 Å². The zero-order valence-corrected chi connectivity index (χ0v) is 13.4. The van der Waals surface area contributed by atoms with Crippen LogP contribution in [-0.2, 0) is 9.59 Å². The lowest BCUT2D eigenvalue weighted by molar-refractivity contribution is -0.131. The number of Topliss-reactive ketones (excluding diaryl/α,β-unsaturated/α-hetero) is 1. The summed E-state index contributed by atoms with van der Waals surface area (Å²) in [5.41, 5.74) is 0.902. The molecule has 0 saturated heterocycles. The van der Waals surface area contributed by atoms with Gasteiger partial charge in [-0.3, -0.25) is 9.59 Å². The summed E-state index contributed by atoms with van der Waals surface area (Å²) in [5.74, 6) is 0.839. The number of ketones is 2. The molecule has 1 aromatic rings. The molecule has 0 heterocycles. The molecule has 22 heavy (non-hydrogen) atoms. The van der Waals surface area contributed by atoms with Gasteiger partial charge in [0.2, 0.25) is 0 Å². The highest BCUT2D eigenvalue weighted by Crippen LogP contribution is 2.33. The highest BCUT2D eigenvalue weighted by atomic mass is 16.5. The van der Waals surface area contributed by atoms with Gasteiger partial charge in [-0.15, -0.1) is 0 Å². The molecule has 118 valence electrons. The molecule has 1 unspecified atom stereocenters. The molecular formula is C19H24O3. The SMILES string of the molecule is CCC(=O)C(CC1CCC1)C(=O)/C=C/c1cccc(OC)c1. The van der Waals surface area contributed by atoms with Crippen LogP contribution < -0.4 is 4.74 Å². The van der Waals surface area contributed by atoms with E-state index in [-0.39, 0.29) is 11.6 Å². The van der Waals surface area contributed by atoms with E-state index in [0.717, 1.165) is 24.2 Å². The van der Waals surface area contributed by atoms with Crippen molar-refractivity contribution in [3.05, 3.63) is 35.9 Å². The summed E-state index contributed by atoms with van der Waals surface area (Å²) in [6.45, 7) is 1.83. The maximum atomic E-state index is 12.4. The molecule has 1 aliphatic rings. The summed E-state index contributed by atoms with van der Waals surface area (Å²) < 4.78 is 5.17. The summed E-state index contributed by atoms with van der Waals surface area (Å²) in [5, 5.41) is 0. The number of hydrogen-bond acceptors (Lipinski definition) is 3. The van der Waals surface area contributed by atoms with Crippen LogP contribution in [0.3, 0.4) is 0 Å². The van der Waals surface area contributed by atoms with Gasteiger partial charge >= 0.3 is 0 Å². The number of ether oxygens (including phenoxy) is 1. The van der Waals surface area contributed by atoms with Crippen molar-refractivity contribution >= 4 is 17.6 Å². The van der Waals surface area contributed by atoms with Crippen LogP contribution in [0.2, 0.25) is 0 Å². The first-order chi connectivity index (χ1) is 10.6. The number of hydrogen-bond donors (Lipinski definition) is 0. The minimum atomic E-state index is -0.461. The molecule has 1 aromatic carbocycles. The quantitative estimate of drug-likeness (QED) is 0.537. The van der Waals surface area contributed by atoms with Crippen molar-refractivity contribution in [3.8, 4) is 5.75 Å². The van der Waals surface area contributed by atoms with Crippen molar-refractivity contribution in [1.82, 2.24) is 0 Å². The maximum absolute atomic E-state index is 12.4. The molecule has 2 rings (SSSR count). The summed E-state index contributed by atoms with van der Waals surface area (Å²) >= 11 is 0. The summed E-state index contributed by atoms with van der Waals surface area (Å²) in [4.78, 5) is 24.5. The van der Waals surface area contributed by atoms with Crippen LogP contribution in [0.1, 0.15) is 44.6 Å². The highest BCUT2D eigenvalue weighted by Gasteiger charge is 2.29. The topological polar surface area (TPSA) is 43.4 Å². The lowest BCUT2D eigenvalue weighted by atomic mass is 9.76. The van der Waals surface area contributed by atoms with E-state index in [0.29, 0.717) is 18.8 Å². The molecule has 1 atom stereocenters. The van der Waals surface area contributed by atoms with E-state index >= 15 is 0 Å². The van der Waals surface area contributed by atoms with Crippen molar-refractivity contribution in [2.45, 2.75) is 39.0 Å². The Bertz CT molecular complexity index is 556. The molecular weight excluding hydrogens is 276 g/mol. The van der Waals surface area contributed by atoms with E-state index in [1.54, 1.807) is 19.3 Å². The lowest BCUT2D eigenvalue weighted by Gasteiger charge is -2.28. The number of benzene rings is 1. The van der Waals surface area contributed by atoms with Gasteiger partial charge in [-0.2, -0.15) is 0 Å². The van der Waals surface area contributed by atoms with Gasteiger partial charge in [0.25, 0.3) is 0 Å². The third kappa shape index (κ3) is 4.30. The number of allylic oxidation sites excluding steroid dienone is 1. The molecule has 0 radical (unpaired) electrons. The average molecular weight is 300 g/mol. The third-order valence-electron chi connectivity index (χ3n) is 4.41. The van der Waals surface area contributed by atoms with Gasteiger partial charge in [-0.05, 0) is 36.1 Å². The van der Waals surface area contributed by atoms with Crippen LogP contribution in [0.25, 0.3) is 6.08 Å². The van der Waals surface area contributed by atoms with Crippen LogP contribution in [0.5, 0.6) is 5.75 Å². The van der Waals surface area contributed by atoms with E-state index in [9.17, 15) is 9.59 Å². The zero-order valence-electron chi connectivity index (χ0n) is 13.4.